The van der Waals surface area contributed by atoms with Gasteiger partial charge in [-0.2, -0.15) is 0 Å². The molecule has 0 bridgehead atoms. The first kappa shape index (κ1) is 15.3. The normalized spacial score (nSPS) is 11.5. The minimum absolute atomic E-state index is 0.594. The van der Waals surface area contributed by atoms with E-state index in [2.05, 4.69) is 11.3 Å². The smallest absolute Gasteiger partial charge is 0.145 e. The van der Waals surface area contributed by atoms with Gasteiger partial charge in [0.25, 0.3) is 0 Å². The molecule has 0 aromatic heterocycles. The molecule has 0 rings (SSSR count). The molecule has 76 valence electrons. The molecule has 0 unspecified atom stereocenters. The summed E-state index contributed by atoms with van der Waals surface area (Å²) in [7, 11) is 5.42. The van der Waals surface area contributed by atoms with Crippen LogP contribution in [0.4, 0.5) is 0 Å². The zero-order chi connectivity index (χ0) is 9.66. The van der Waals surface area contributed by atoms with Crippen molar-refractivity contribution in [3.8, 4) is 0 Å². The van der Waals surface area contributed by atoms with Crippen LogP contribution in [-0.2, 0) is 4.43 Å². The van der Waals surface area contributed by atoms with E-state index in [1.807, 2.05) is 0 Å². The van der Waals surface area contributed by atoms with Crippen molar-refractivity contribution in [1.82, 2.24) is 0 Å². The van der Waals surface area contributed by atoms with Crippen LogP contribution < -0.4 is 0 Å². The minimum Gasteiger partial charge on any atom is -0.431 e. The molecule has 0 N–H and O–H groups in total. The minimum atomic E-state index is 0.594. The summed E-state index contributed by atoms with van der Waals surface area (Å²) in [4.78, 5) is 0. The van der Waals surface area contributed by atoms with Gasteiger partial charge in [-0.1, -0.05) is 38.7 Å². The molecule has 0 spiro atoms. The van der Waals surface area contributed by atoms with Crippen LogP contribution >= 0.6 is 0 Å². The Balaban J connectivity index is 0. The van der Waals surface area contributed by atoms with Gasteiger partial charge >= 0.3 is 0 Å². The summed E-state index contributed by atoms with van der Waals surface area (Å²) in [6.07, 6.45) is 5.99. The monoisotopic (exact) mass is 238 g/mol. The molecule has 12 heavy (non-hydrogen) atoms. The molecule has 0 amide bonds. The third kappa shape index (κ3) is 22.4. The largest absolute Gasteiger partial charge is 0.431 e. The Morgan fingerprint density at radius 2 is 1.83 bits per heavy atom. The molecule has 0 aromatic rings. The van der Waals surface area contributed by atoms with Gasteiger partial charge < -0.3 is 4.43 Å². The predicted octanol–water partition coefficient (Wildman–Crippen LogP) is -1.57. The third-order valence-electron chi connectivity index (χ3n) is 1.71. The van der Waals surface area contributed by atoms with Crippen molar-refractivity contribution >= 4 is 37.8 Å². The van der Waals surface area contributed by atoms with Crippen LogP contribution in [0, 0.1) is 0 Å². The molecular formula is C7H26OSi4. The lowest BCUT2D eigenvalue weighted by atomic mass is 10.2. The molecular weight excluding hydrogens is 212 g/mol. The SMILES string of the molecule is CCCCCC[SiH2][SiH2][SiH3].CO[SiH3]. The number of rotatable bonds is 6. The lowest BCUT2D eigenvalue weighted by Gasteiger charge is -1.95. The first-order valence-electron chi connectivity index (χ1n) is 5.23. The Kier molecular flexibility index (Phi) is 22.7. The molecule has 0 fully saturated rings. The van der Waals surface area contributed by atoms with Gasteiger partial charge in [0.15, 0.2) is 0 Å². The number of hydrogen-bond acceptors (Lipinski definition) is 1. The van der Waals surface area contributed by atoms with E-state index in [1.54, 1.807) is 29.3 Å². The summed E-state index contributed by atoms with van der Waals surface area (Å²) < 4.78 is 4.39. The number of hydrogen-bond donors (Lipinski definition) is 0. The average Bonchev–Trinajstić information content (AvgIpc) is 2.06. The maximum Gasteiger partial charge on any atom is 0.145 e. The Bertz CT molecular complexity index is 57.4. The quantitative estimate of drug-likeness (QED) is 0.401. The van der Waals surface area contributed by atoms with E-state index in [-0.39, 0.29) is 0 Å². The van der Waals surface area contributed by atoms with E-state index in [0.29, 0.717) is 17.6 Å². The Morgan fingerprint density at radius 1 is 1.25 bits per heavy atom. The zero-order valence-electron chi connectivity index (χ0n) is 9.36. The van der Waals surface area contributed by atoms with Crippen molar-refractivity contribution in [3.63, 3.8) is 0 Å². The van der Waals surface area contributed by atoms with E-state index in [4.69, 9.17) is 0 Å². The van der Waals surface area contributed by atoms with Crippen LogP contribution in [-0.4, -0.2) is 44.9 Å². The molecule has 5 heteroatoms. The highest BCUT2D eigenvalue weighted by atomic mass is 29.5. The fraction of sp³-hybridized carbons (Fsp3) is 1.00. The fourth-order valence-electron chi connectivity index (χ4n) is 1.03. The Labute approximate surface area is 88.2 Å². The molecule has 0 aliphatic heterocycles. The summed E-state index contributed by atoms with van der Waals surface area (Å²) in [6.45, 7) is 2.29. The van der Waals surface area contributed by atoms with Crippen molar-refractivity contribution in [2.24, 2.45) is 0 Å². The molecule has 0 heterocycles. The summed E-state index contributed by atoms with van der Waals surface area (Å²) in [5, 5.41) is 0. The van der Waals surface area contributed by atoms with Crippen molar-refractivity contribution < 1.29 is 4.43 Å². The summed E-state index contributed by atoms with van der Waals surface area (Å²) in [5.74, 6) is 0. The summed E-state index contributed by atoms with van der Waals surface area (Å²) in [6, 6.07) is 1.69. The predicted molar refractivity (Wildman–Crippen MR) is 72.9 cm³/mol. The standard InChI is InChI=1S/C6H20Si3.CH6OSi/c1-2-3-4-5-6-8-9-7;1-2-3/h2-6,8-9H2,1,7H3;1,3H3. The van der Waals surface area contributed by atoms with Crippen LogP contribution in [0.2, 0.25) is 6.04 Å². The molecule has 1 nitrogen and oxygen atoms in total. The molecule has 0 radical (unpaired) electrons. The molecule has 0 saturated carbocycles. The number of unbranched alkanes of at least 4 members (excludes halogenated alkanes) is 3. The van der Waals surface area contributed by atoms with E-state index < -0.39 is 0 Å². The second-order valence-electron chi connectivity index (χ2n) is 3.18. The Hall–Kier alpha value is 0.828. The average molecular weight is 239 g/mol. The van der Waals surface area contributed by atoms with Gasteiger partial charge in [-0.25, -0.2) is 0 Å². The molecule has 0 aromatic carbocycles. The third-order valence-corrected chi connectivity index (χ3v) is 13.4. The van der Waals surface area contributed by atoms with Crippen molar-refractivity contribution in [2.75, 3.05) is 7.11 Å². The van der Waals surface area contributed by atoms with Crippen molar-refractivity contribution in [1.29, 1.82) is 0 Å². The summed E-state index contributed by atoms with van der Waals surface area (Å²) in [5.41, 5.74) is 0. The van der Waals surface area contributed by atoms with Crippen LogP contribution in [0.5, 0.6) is 0 Å². The first-order valence-corrected chi connectivity index (χ1v) is 16.7. The second-order valence-corrected chi connectivity index (χ2v) is 20.5. The van der Waals surface area contributed by atoms with E-state index in [9.17, 15) is 0 Å². The Morgan fingerprint density at radius 3 is 2.25 bits per heavy atom. The topological polar surface area (TPSA) is 9.23 Å². The lowest BCUT2D eigenvalue weighted by Crippen LogP contribution is -2.01. The first-order chi connectivity index (χ1) is 5.83. The molecule has 0 aliphatic carbocycles. The van der Waals surface area contributed by atoms with Gasteiger partial charge in [-0.15, -0.1) is 0 Å². The molecule has 0 aliphatic rings. The van der Waals surface area contributed by atoms with Crippen molar-refractivity contribution in [3.05, 3.63) is 0 Å². The lowest BCUT2D eigenvalue weighted by molar-refractivity contribution is 0.460. The highest BCUT2D eigenvalue weighted by Crippen LogP contribution is 2.00. The van der Waals surface area contributed by atoms with Gasteiger partial charge in [0.05, 0.1) is 0 Å². The van der Waals surface area contributed by atoms with Crippen LogP contribution in [0.1, 0.15) is 32.6 Å². The molecule has 0 atom stereocenters. The highest BCUT2D eigenvalue weighted by molar-refractivity contribution is 7.23. The van der Waals surface area contributed by atoms with E-state index in [0.717, 1.165) is 10.5 Å². The van der Waals surface area contributed by atoms with Gasteiger partial charge in [-0.3, -0.25) is 0 Å². The van der Waals surface area contributed by atoms with Gasteiger partial charge in [0.2, 0.25) is 0 Å². The van der Waals surface area contributed by atoms with Crippen LogP contribution in [0.3, 0.4) is 0 Å². The maximum absolute atomic E-state index is 4.39. The maximum atomic E-state index is 4.39. The van der Waals surface area contributed by atoms with E-state index in [1.165, 1.54) is 19.3 Å². The second kappa shape index (κ2) is 17.8. The van der Waals surface area contributed by atoms with Crippen LogP contribution in [0.25, 0.3) is 0 Å². The highest BCUT2D eigenvalue weighted by Gasteiger charge is 1.86. The van der Waals surface area contributed by atoms with Gasteiger partial charge in [0, 0.05) is 16.1 Å². The van der Waals surface area contributed by atoms with Crippen molar-refractivity contribution in [2.45, 2.75) is 38.7 Å². The summed E-state index contributed by atoms with van der Waals surface area (Å²) >= 11 is 0. The fourth-order valence-corrected chi connectivity index (χ4v) is 9.30. The van der Waals surface area contributed by atoms with E-state index >= 15 is 0 Å². The molecule has 0 saturated heterocycles. The zero-order valence-corrected chi connectivity index (χ0v) is 16.2. The van der Waals surface area contributed by atoms with Gasteiger partial charge in [-0.05, 0) is 18.3 Å². The van der Waals surface area contributed by atoms with Crippen LogP contribution in [0.15, 0.2) is 0 Å². The van der Waals surface area contributed by atoms with Gasteiger partial charge in [0.1, 0.15) is 10.5 Å².